The number of nitrogens with zero attached hydrogens (tertiary/aromatic N) is 1. The van der Waals surface area contributed by atoms with Crippen LogP contribution in [0.2, 0.25) is 0 Å². The zero-order valence-corrected chi connectivity index (χ0v) is 33.4. The summed E-state index contributed by atoms with van der Waals surface area (Å²) in [7, 11) is 0. The molecule has 13 heteroatoms. The molecule has 4 rings (SSSR count). The molecule has 3 aliphatic rings. The quantitative estimate of drug-likeness (QED) is 0.142. The molecule has 1 aromatic rings. The molecule has 3 aliphatic heterocycles. The predicted molar refractivity (Wildman–Crippen MR) is 193 cm³/mol. The predicted octanol–water partition coefficient (Wildman–Crippen LogP) is 5.01. The number of carbonyl (C=O) groups is 3. The molecule has 2 N–H and O–H groups in total. The summed E-state index contributed by atoms with van der Waals surface area (Å²) in [6.45, 7) is 23.8. The maximum Gasteiger partial charge on any atom is 0.311 e. The molecule has 3 fully saturated rings. The van der Waals surface area contributed by atoms with Crippen LogP contribution >= 0.6 is 0 Å². The van der Waals surface area contributed by atoms with Crippen LogP contribution in [0.15, 0.2) is 18.2 Å². The highest BCUT2D eigenvalue weighted by molar-refractivity contribution is 5.76. The second kappa shape index (κ2) is 15.3. The number of esters is 3. The maximum absolute atomic E-state index is 12.9. The van der Waals surface area contributed by atoms with Crippen molar-refractivity contribution < 1.29 is 48.0 Å². The topological polar surface area (TPSA) is 154 Å². The van der Waals surface area contributed by atoms with Gasteiger partial charge in [-0.05, 0) is 102 Å². The van der Waals surface area contributed by atoms with E-state index in [1.54, 1.807) is 32.0 Å². The van der Waals surface area contributed by atoms with Gasteiger partial charge in [-0.25, -0.2) is 0 Å². The molecule has 3 saturated heterocycles. The zero-order valence-electron chi connectivity index (χ0n) is 33.4. The summed E-state index contributed by atoms with van der Waals surface area (Å²) in [4.78, 5) is 38.8. The van der Waals surface area contributed by atoms with Crippen LogP contribution in [0.1, 0.15) is 102 Å². The minimum absolute atomic E-state index is 0.0236. The molecule has 13 nitrogen and oxygen atoms in total. The number of hydrogen-bond acceptors (Lipinski definition) is 12. The van der Waals surface area contributed by atoms with E-state index in [0.29, 0.717) is 36.5 Å². The average molecular weight is 733 g/mol. The Morgan fingerprint density at radius 2 is 0.885 bits per heavy atom. The molecule has 3 atom stereocenters. The van der Waals surface area contributed by atoms with E-state index < -0.39 is 23.0 Å². The fraction of sp³-hybridized carbons (Fsp3) is 0.769. The number of hydroxylamine groups is 2. The van der Waals surface area contributed by atoms with Crippen molar-refractivity contribution >= 4 is 17.9 Å². The van der Waals surface area contributed by atoms with Crippen molar-refractivity contribution in [3.8, 4) is 17.2 Å². The Hall–Kier alpha value is -3.13. The van der Waals surface area contributed by atoms with Gasteiger partial charge in [-0.2, -0.15) is 0 Å². The molecule has 52 heavy (non-hydrogen) atoms. The van der Waals surface area contributed by atoms with Gasteiger partial charge in [-0.3, -0.25) is 14.4 Å². The van der Waals surface area contributed by atoms with Crippen LogP contribution in [0, 0.1) is 17.8 Å². The van der Waals surface area contributed by atoms with E-state index >= 15 is 0 Å². The normalized spacial score (nSPS) is 26.4. The number of ether oxygens (including phenoxy) is 6. The Kier molecular flexibility index (Phi) is 12.3. The lowest BCUT2D eigenvalue weighted by Crippen LogP contribution is -2.47. The molecular formula is C39H62N3O10. The van der Waals surface area contributed by atoms with Crippen LogP contribution in [0.4, 0.5) is 0 Å². The molecule has 0 bridgehead atoms. The van der Waals surface area contributed by atoms with Gasteiger partial charge in [0.15, 0.2) is 0 Å². The van der Waals surface area contributed by atoms with Crippen LogP contribution in [0.3, 0.4) is 0 Å². The first kappa shape index (κ1) is 41.6. The number of carbonyl (C=O) groups excluding carboxylic acids is 3. The molecule has 0 saturated carbocycles. The number of hydrogen-bond donors (Lipinski definition) is 2. The van der Waals surface area contributed by atoms with E-state index in [-0.39, 0.29) is 85.6 Å². The molecule has 3 heterocycles. The summed E-state index contributed by atoms with van der Waals surface area (Å²) in [5.74, 6) is -0.898. The van der Waals surface area contributed by atoms with E-state index in [1.165, 1.54) is 0 Å². The Morgan fingerprint density at radius 1 is 0.558 bits per heavy atom. The monoisotopic (exact) mass is 732 g/mol. The molecule has 0 amide bonds. The molecule has 3 unspecified atom stereocenters. The lowest BCUT2D eigenvalue weighted by molar-refractivity contribution is -0.248. The first-order valence-electron chi connectivity index (χ1n) is 18.4. The van der Waals surface area contributed by atoms with Crippen molar-refractivity contribution in [2.45, 2.75) is 136 Å². The largest absolute Gasteiger partial charge is 0.490 e. The summed E-state index contributed by atoms with van der Waals surface area (Å²) in [5, 5.41) is 20.7. The van der Waals surface area contributed by atoms with Crippen molar-refractivity contribution in [2.75, 3.05) is 39.6 Å². The Balaban J connectivity index is 1.33. The number of rotatable bonds is 15. The van der Waals surface area contributed by atoms with Gasteiger partial charge in [0, 0.05) is 45.9 Å². The molecule has 1 aromatic carbocycles. The van der Waals surface area contributed by atoms with Gasteiger partial charge in [-0.15, -0.1) is 10.3 Å². The summed E-state index contributed by atoms with van der Waals surface area (Å²) in [6.07, 6.45) is 1.74. The lowest BCUT2D eigenvalue weighted by atomic mass is 9.87. The van der Waals surface area contributed by atoms with Gasteiger partial charge >= 0.3 is 17.9 Å². The minimum atomic E-state index is -0.885. The zero-order chi connectivity index (χ0) is 38.9. The highest BCUT2D eigenvalue weighted by Gasteiger charge is 2.56. The lowest BCUT2D eigenvalue weighted by Gasteiger charge is -2.32. The van der Waals surface area contributed by atoms with Crippen LogP contribution in [0.5, 0.6) is 17.2 Å². The third kappa shape index (κ3) is 10.1. The highest BCUT2D eigenvalue weighted by atomic mass is 16.6. The average Bonchev–Trinajstić information content (AvgIpc) is 3.47. The van der Waals surface area contributed by atoms with Crippen molar-refractivity contribution in [2.24, 2.45) is 17.8 Å². The SMILES string of the molecule is CC1(C)CC(C(=O)OCCOc2cc(OCCOC(=O)C3CC(C)(C)NC3(C)C)cc(OCCOC(=O)C3CC(C)(C)N([O])C3(C)C)c2)C(C)(C)N1. The fourth-order valence-electron chi connectivity index (χ4n) is 8.44. The number of benzene rings is 1. The Bertz CT molecular complexity index is 1380. The van der Waals surface area contributed by atoms with Crippen molar-refractivity contribution in [1.82, 2.24) is 15.7 Å². The van der Waals surface area contributed by atoms with Crippen LogP contribution in [-0.2, 0) is 33.8 Å². The first-order valence-corrected chi connectivity index (χ1v) is 18.4. The highest BCUT2D eigenvalue weighted by Crippen LogP contribution is 2.44. The van der Waals surface area contributed by atoms with Crippen LogP contribution in [0.25, 0.3) is 0 Å². The minimum Gasteiger partial charge on any atom is -0.490 e. The van der Waals surface area contributed by atoms with E-state index in [2.05, 4.69) is 38.3 Å². The smallest absolute Gasteiger partial charge is 0.311 e. The molecule has 293 valence electrons. The Labute approximate surface area is 309 Å². The molecule has 0 spiro atoms. The third-order valence-electron chi connectivity index (χ3n) is 10.6. The van der Waals surface area contributed by atoms with Crippen molar-refractivity contribution in [1.29, 1.82) is 0 Å². The van der Waals surface area contributed by atoms with Crippen molar-refractivity contribution in [3.63, 3.8) is 0 Å². The van der Waals surface area contributed by atoms with Gasteiger partial charge in [0.2, 0.25) is 0 Å². The fourth-order valence-corrected chi connectivity index (χ4v) is 8.44. The van der Waals surface area contributed by atoms with E-state index in [0.717, 1.165) is 5.06 Å². The van der Waals surface area contributed by atoms with Gasteiger partial charge in [-0.1, -0.05) is 0 Å². The number of nitrogens with one attached hydrogen (secondary N) is 2. The van der Waals surface area contributed by atoms with Crippen LogP contribution < -0.4 is 24.8 Å². The third-order valence-corrected chi connectivity index (χ3v) is 10.6. The van der Waals surface area contributed by atoms with Crippen LogP contribution in [-0.4, -0.2) is 95.8 Å². The second-order valence-electron chi connectivity index (χ2n) is 18.2. The van der Waals surface area contributed by atoms with E-state index in [4.69, 9.17) is 28.4 Å². The summed E-state index contributed by atoms with van der Waals surface area (Å²) in [5.41, 5.74) is -2.66. The molecule has 0 aromatic heterocycles. The van der Waals surface area contributed by atoms with E-state index in [1.807, 2.05) is 41.5 Å². The van der Waals surface area contributed by atoms with Gasteiger partial charge in [0.05, 0.1) is 23.3 Å². The summed E-state index contributed by atoms with van der Waals surface area (Å²) < 4.78 is 34.5. The van der Waals surface area contributed by atoms with Gasteiger partial charge in [0.25, 0.3) is 0 Å². The first-order chi connectivity index (χ1) is 23.9. The van der Waals surface area contributed by atoms with Crippen molar-refractivity contribution in [3.05, 3.63) is 18.2 Å². The Morgan fingerprint density at radius 3 is 1.15 bits per heavy atom. The molecular weight excluding hydrogens is 670 g/mol. The van der Waals surface area contributed by atoms with E-state index in [9.17, 15) is 19.6 Å². The standard InChI is InChI=1S/C39H62N3O10/c1-34(2)22-28(37(7,8)40-34)31(43)50-16-13-47-25-19-26(48-14-17-51-32(44)29-23-35(3,4)41-38(29,9)10)21-27(20-25)49-15-18-52-33(45)30-24-36(5,6)42(46)39(30,11)12/h19-21,28-30,40-41H,13-18,22-24H2,1-12H3. The maximum atomic E-state index is 12.9. The van der Waals surface area contributed by atoms with Gasteiger partial charge < -0.3 is 39.1 Å². The second-order valence-corrected chi connectivity index (χ2v) is 18.2. The molecule has 1 radical (unpaired) electrons. The summed E-state index contributed by atoms with van der Waals surface area (Å²) in [6, 6.07) is 5.00. The van der Waals surface area contributed by atoms with Gasteiger partial charge in [0.1, 0.15) is 56.9 Å². The summed E-state index contributed by atoms with van der Waals surface area (Å²) >= 11 is 0. The molecule has 0 aliphatic carbocycles.